The first-order chi connectivity index (χ1) is 11.3. The van der Waals surface area contributed by atoms with E-state index in [1.807, 2.05) is 13.8 Å². The maximum Gasteiger partial charge on any atom is 0.330 e. The van der Waals surface area contributed by atoms with E-state index in [0.29, 0.717) is 18.1 Å². The predicted octanol–water partition coefficient (Wildman–Crippen LogP) is 2.74. The molecule has 6 heteroatoms. The lowest BCUT2D eigenvalue weighted by molar-refractivity contribution is -0.158. The molecule has 0 aliphatic carbocycles. The summed E-state index contributed by atoms with van der Waals surface area (Å²) in [5.41, 5.74) is 0.0209. The van der Waals surface area contributed by atoms with Crippen molar-refractivity contribution in [1.82, 2.24) is 0 Å². The average Bonchev–Trinajstić information content (AvgIpc) is 2.61. The van der Waals surface area contributed by atoms with Crippen LogP contribution in [0.15, 0.2) is 24.3 Å². The van der Waals surface area contributed by atoms with E-state index in [4.69, 9.17) is 18.9 Å². The van der Waals surface area contributed by atoms with Gasteiger partial charge in [0.05, 0.1) is 6.61 Å². The van der Waals surface area contributed by atoms with E-state index in [-0.39, 0.29) is 12.6 Å². The summed E-state index contributed by atoms with van der Waals surface area (Å²) in [6.45, 7) is 7.31. The molecule has 24 heavy (non-hydrogen) atoms. The van der Waals surface area contributed by atoms with Crippen molar-refractivity contribution in [2.75, 3.05) is 13.2 Å². The number of carbonyl (C=O) groups excluding carboxylic acids is 2. The minimum atomic E-state index is -0.750. The Morgan fingerprint density at radius 1 is 1.33 bits per heavy atom. The minimum absolute atomic E-state index is 0.206. The number of carbonyl (C=O) groups is 2. The number of benzene rings is 1. The molecule has 1 heterocycles. The van der Waals surface area contributed by atoms with E-state index in [0.717, 1.165) is 5.56 Å². The van der Waals surface area contributed by atoms with Gasteiger partial charge < -0.3 is 18.9 Å². The highest BCUT2D eigenvalue weighted by Gasteiger charge is 2.38. The van der Waals surface area contributed by atoms with Crippen LogP contribution in [-0.2, 0) is 19.1 Å². The zero-order valence-corrected chi connectivity index (χ0v) is 14.3. The Kier molecular flexibility index (Phi) is 5.49. The van der Waals surface area contributed by atoms with Crippen molar-refractivity contribution in [2.45, 2.75) is 39.4 Å². The summed E-state index contributed by atoms with van der Waals surface area (Å²) in [4.78, 5) is 22.7. The van der Waals surface area contributed by atoms with Gasteiger partial charge in [-0.05, 0) is 44.5 Å². The lowest BCUT2D eigenvalue weighted by Gasteiger charge is -2.31. The molecule has 0 saturated heterocycles. The fourth-order valence-electron chi connectivity index (χ4n) is 2.27. The summed E-state index contributed by atoms with van der Waals surface area (Å²) < 4.78 is 21.8. The van der Waals surface area contributed by atoms with Crippen LogP contribution in [0, 0.1) is 0 Å². The molecule has 6 nitrogen and oxygen atoms in total. The molecular formula is C18H22O6. The maximum atomic E-state index is 11.4. The molecular weight excluding hydrogens is 312 g/mol. The Balaban J connectivity index is 2.20. The Morgan fingerprint density at radius 2 is 2.08 bits per heavy atom. The second kappa shape index (κ2) is 7.38. The highest BCUT2D eigenvalue weighted by atomic mass is 16.6. The van der Waals surface area contributed by atoms with Crippen molar-refractivity contribution < 1.29 is 28.5 Å². The van der Waals surface area contributed by atoms with Crippen molar-refractivity contribution in [3.8, 4) is 11.5 Å². The van der Waals surface area contributed by atoms with Gasteiger partial charge in [0.1, 0.15) is 12.2 Å². The molecule has 2 rings (SSSR count). The first-order valence-electron chi connectivity index (χ1n) is 7.79. The zero-order valence-electron chi connectivity index (χ0n) is 14.3. The molecule has 0 amide bonds. The molecule has 0 spiro atoms. The van der Waals surface area contributed by atoms with Crippen LogP contribution in [0.1, 0.15) is 33.3 Å². The molecule has 1 aliphatic heterocycles. The van der Waals surface area contributed by atoms with Crippen LogP contribution in [-0.4, -0.2) is 36.9 Å². The summed E-state index contributed by atoms with van der Waals surface area (Å²) in [5.74, 6) is 0.302. The number of hydrogen-bond donors (Lipinski definition) is 0. The summed E-state index contributed by atoms with van der Waals surface area (Å²) in [7, 11) is 0. The van der Waals surface area contributed by atoms with Gasteiger partial charge in [0.15, 0.2) is 17.6 Å². The minimum Gasteiger partial charge on any atom is -0.486 e. The van der Waals surface area contributed by atoms with E-state index in [1.54, 1.807) is 31.2 Å². The largest absolute Gasteiger partial charge is 0.486 e. The summed E-state index contributed by atoms with van der Waals surface area (Å²) in [5, 5.41) is 0. The third kappa shape index (κ3) is 4.50. The van der Waals surface area contributed by atoms with Crippen molar-refractivity contribution in [3.05, 3.63) is 29.8 Å². The van der Waals surface area contributed by atoms with Gasteiger partial charge in [0.25, 0.3) is 0 Å². The molecule has 0 unspecified atom stereocenters. The van der Waals surface area contributed by atoms with Gasteiger partial charge in [-0.25, -0.2) is 4.79 Å². The fourth-order valence-corrected chi connectivity index (χ4v) is 2.27. The highest BCUT2D eigenvalue weighted by Crippen LogP contribution is 2.36. The van der Waals surface area contributed by atoms with E-state index in [9.17, 15) is 9.59 Å². The summed E-state index contributed by atoms with van der Waals surface area (Å²) in [6, 6.07) is 5.33. The van der Waals surface area contributed by atoms with Gasteiger partial charge in [0.2, 0.25) is 0 Å². The lowest BCUT2D eigenvalue weighted by Crippen LogP contribution is -2.46. The molecule has 0 fully saturated rings. The SMILES string of the molecule is CCOC(=O)/C=C/c1ccc2c(c1)OC(C)(C)[C@@H](OC(C)=O)CO2. The Bertz CT molecular complexity index is 647. The second-order valence-electron chi connectivity index (χ2n) is 5.91. The number of hydrogen-bond acceptors (Lipinski definition) is 6. The predicted molar refractivity (Wildman–Crippen MR) is 87.9 cm³/mol. The van der Waals surface area contributed by atoms with E-state index in [2.05, 4.69) is 0 Å². The van der Waals surface area contributed by atoms with Crippen LogP contribution in [0.5, 0.6) is 11.5 Å². The molecule has 1 atom stereocenters. The standard InChI is InChI=1S/C18H22O6/c1-5-21-17(20)9-7-13-6-8-14-15(10-13)24-18(3,4)16(11-22-14)23-12(2)19/h6-10,16H,5,11H2,1-4H3/b9-7+/t16-/m0/s1. The number of rotatable bonds is 4. The normalized spacial score (nSPS) is 18.8. The molecule has 130 valence electrons. The molecule has 0 radical (unpaired) electrons. The van der Waals surface area contributed by atoms with Crippen LogP contribution in [0.3, 0.4) is 0 Å². The van der Waals surface area contributed by atoms with Crippen LogP contribution in [0.2, 0.25) is 0 Å². The van der Waals surface area contributed by atoms with Crippen molar-refractivity contribution >= 4 is 18.0 Å². The number of fused-ring (bicyclic) bond motifs is 1. The van der Waals surface area contributed by atoms with Crippen LogP contribution in [0.25, 0.3) is 6.08 Å². The molecule has 1 aromatic rings. The van der Waals surface area contributed by atoms with Crippen LogP contribution < -0.4 is 9.47 Å². The molecule has 0 bridgehead atoms. The third-order valence-electron chi connectivity index (χ3n) is 3.51. The smallest absolute Gasteiger partial charge is 0.330 e. The van der Waals surface area contributed by atoms with Crippen molar-refractivity contribution in [1.29, 1.82) is 0 Å². The van der Waals surface area contributed by atoms with Crippen molar-refractivity contribution in [2.24, 2.45) is 0 Å². The average molecular weight is 334 g/mol. The van der Waals surface area contributed by atoms with Gasteiger partial charge in [-0.3, -0.25) is 4.79 Å². The van der Waals surface area contributed by atoms with Crippen molar-refractivity contribution in [3.63, 3.8) is 0 Å². The molecule has 1 aromatic carbocycles. The first-order valence-corrected chi connectivity index (χ1v) is 7.79. The molecule has 0 N–H and O–H groups in total. The van der Waals surface area contributed by atoms with Crippen LogP contribution in [0.4, 0.5) is 0 Å². The zero-order chi connectivity index (χ0) is 17.7. The number of ether oxygens (including phenoxy) is 4. The maximum absolute atomic E-state index is 11.4. The Labute approximate surface area is 141 Å². The Hall–Kier alpha value is -2.50. The van der Waals surface area contributed by atoms with E-state index in [1.165, 1.54) is 13.0 Å². The van der Waals surface area contributed by atoms with Gasteiger partial charge >= 0.3 is 11.9 Å². The van der Waals surface area contributed by atoms with Gasteiger partial charge in [-0.15, -0.1) is 0 Å². The Morgan fingerprint density at radius 3 is 2.75 bits per heavy atom. The summed E-state index contributed by atoms with van der Waals surface area (Å²) in [6.07, 6.45) is 2.47. The molecule has 1 aliphatic rings. The van der Waals surface area contributed by atoms with Crippen LogP contribution >= 0.6 is 0 Å². The van der Waals surface area contributed by atoms with Gasteiger partial charge in [0, 0.05) is 13.0 Å². The third-order valence-corrected chi connectivity index (χ3v) is 3.51. The monoisotopic (exact) mass is 334 g/mol. The molecule has 0 saturated carbocycles. The lowest BCUT2D eigenvalue weighted by atomic mass is 10.0. The first kappa shape index (κ1) is 17.8. The topological polar surface area (TPSA) is 71.1 Å². The van der Waals surface area contributed by atoms with Gasteiger partial charge in [-0.2, -0.15) is 0 Å². The van der Waals surface area contributed by atoms with Gasteiger partial charge in [-0.1, -0.05) is 6.07 Å². The molecule has 0 aromatic heterocycles. The quantitative estimate of drug-likeness (QED) is 0.623. The fraction of sp³-hybridized carbons (Fsp3) is 0.444. The number of esters is 2. The second-order valence-corrected chi connectivity index (χ2v) is 5.91. The summed E-state index contributed by atoms with van der Waals surface area (Å²) >= 11 is 0. The highest BCUT2D eigenvalue weighted by molar-refractivity contribution is 5.87. The van der Waals surface area contributed by atoms with E-state index < -0.39 is 17.7 Å². The van der Waals surface area contributed by atoms with E-state index >= 15 is 0 Å².